The molecule has 0 fully saturated rings. The zero-order valence-corrected chi connectivity index (χ0v) is 11.5. The highest BCUT2D eigenvalue weighted by Crippen LogP contribution is 2.26. The number of nitrogens with one attached hydrogen (secondary N) is 1. The van der Waals surface area contributed by atoms with Gasteiger partial charge < -0.3 is 10.1 Å². The summed E-state index contributed by atoms with van der Waals surface area (Å²) in [6, 6.07) is 8.91. The van der Waals surface area contributed by atoms with Gasteiger partial charge in [0, 0.05) is 10.9 Å². The number of aromatic nitrogens is 1. The van der Waals surface area contributed by atoms with Crippen molar-refractivity contribution in [1.29, 1.82) is 0 Å². The van der Waals surface area contributed by atoms with Crippen LogP contribution in [0.4, 0.5) is 0 Å². The molecule has 3 aromatic rings. The van der Waals surface area contributed by atoms with Crippen molar-refractivity contribution >= 4 is 34.0 Å². The number of ketones is 1. The Labute approximate surface area is 118 Å². The largest absolute Gasteiger partial charge is 0.478 e. The number of rotatable bonds is 3. The molecule has 0 atom stereocenters. The molecule has 20 heavy (non-hydrogen) atoms. The lowest BCUT2D eigenvalue weighted by molar-refractivity contribution is 0.0695. The van der Waals surface area contributed by atoms with E-state index in [1.165, 1.54) is 11.3 Å². The number of aryl methyl sites for hydroxylation is 1. The second kappa shape index (κ2) is 4.61. The van der Waals surface area contributed by atoms with E-state index in [0.29, 0.717) is 15.8 Å². The van der Waals surface area contributed by atoms with Crippen LogP contribution in [-0.4, -0.2) is 21.8 Å². The van der Waals surface area contributed by atoms with Crippen molar-refractivity contribution in [1.82, 2.24) is 4.98 Å². The summed E-state index contributed by atoms with van der Waals surface area (Å²) in [5.41, 5.74) is 1.80. The third-order valence-electron chi connectivity index (χ3n) is 3.14. The van der Waals surface area contributed by atoms with Crippen molar-refractivity contribution in [2.75, 3.05) is 0 Å². The van der Waals surface area contributed by atoms with E-state index in [1.54, 1.807) is 29.6 Å². The molecule has 0 saturated carbocycles. The van der Waals surface area contributed by atoms with Gasteiger partial charge in [-0.05, 0) is 30.5 Å². The summed E-state index contributed by atoms with van der Waals surface area (Å²) in [6.45, 7) is 1.89. The van der Waals surface area contributed by atoms with E-state index in [1.807, 2.05) is 13.0 Å². The molecular weight excluding hydrogens is 274 g/mol. The minimum absolute atomic E-state index is 0.0436. The molecule has 100 valence electrons. The fourth-order valence-electron chi connectivity index (χ4n) is 2.23. The molecule has 0 unspecified atom stereocenters. The van der Waals surface area contributed by atoms with Crippen LogP contribution in [0.3, 0.4) is 0 Å². The van der Waals surface area contributed by atoms with Crippen LogP contribution in [0, 0.1) is 6.92 Å². The van der Waals surface area contributed by atoms with Crippen LogP contribution in [-0.2, 0) is 0 Å². The predicted octanol–water partition coefficient (Wildman–Crippen LogP) is 3.47. The Hall–Kier alpha value is -2.40. The van der Waals surface area contributed by atoms with Gasteiger partial charge in [-0.2, -0.15) is 0 Å². The monoisotopic (exact) mass is 285 g/mol. The molecule has 0 spiro atoms. The van der Waals surface area contributed by atoms with Gasteiger partial charge in [-0.25, -0.2) is 4.79 Å². The van der Waals surface area contributed by atoms with Gasteiger partial charge in [-0.1, -0.05) is 17.7 Å². The summed E-state index contributed by atoms with van der Waals surface area (Å²) in [4.78, 5) is 27.4. The third-order valence-corrected chi connectivity index (χ3v) is 4.01. The van der Waals surface area contributed by atoms with Crippen LogP contribution in [0.2, 0.25) is 0 Å². The highest BCUT2D eigenvalue weighted by atomic mass is 32.1. The van der Waals surface area contributed by atoms with E-state index >= 15 is 0 Å². The van der Waals surface area contributed by atoms with Crippen molar-refractivity contribution in [3.05, 3.63) is 57.4 Å². The molecule has 4 nitrogen and oxygen atoms in total. The van der Waals surface area contributed by atoms with Crippen molar-refractivity contribution in [2.45, 2.75) is 6.92 Å². The number of hydrogen-bond donors (Lipinski definition) is 2. The number of benzene rings is 1. The van der Waals surface area contributed by atoms with Crippen molar-refractivity contribution in [3.63, 3.8) is 0 Å². The molecule has 1 aromatic carbocycles. The van der Waals surface area contributed by atoms with E-state index in [9.17, 15) is 14.7 Å². The summed E-state index contributed by atoms with van der Waals surface area (Å²) in [7, 11) is 0. The second-order valence-electron chi connectivity index (χ2n) is 4.54. The van der Waals surface area contributed by atoms with E-state index in [-0.39, 0.29) is 17.0 Å². The van der Waals surface area contributed by atoms with Gasteiger partial charge in [0.1, 0.15) is 5.69 Å². The fraction of sp³-hybridized carbons (Fsp3) is 0.0667. The lowest BCUT2D eigenvalue weighted by Gasteiger charge is -1.98. The number of H-pyrrole nitrogens is 1. The molecule has 3 rings (SSSR count). The predicted molar refractivity (Wildman–Crippen MR) is 77.7 cm³/mol. The highest BCUT2D eigenvalue weighted by Gasteiger charge is 2.24. The summed E-state index contributed by atoms with van der Waals surface area (Å²) < 4.78 is 0. The standard InChI is InChI=1S/C15H11NO3S/c1-8-4-5-10-9(7-8)12(15(18)19)13(16-10)14(17)11-3-2-6-20-11/h2-7,16H,1H3,(H,18,19). The maximum absolute atomic E-state index is 12.4. The molecule has 2 N–H and O–H groups in total. The average molecular weight is 285 g/mol. The van der Waals surface area contributed by atoms with Gasteiger partial charge >= 0.3 is 5.97 Å². The summed E-state index contributed by atoms with van der Waals surface area (Å²) in [6.07, 6.45) is 0. The zero-order valence-electron chi connectivity index (χ0n) is 10.6. The number of carboxylic acid groups (broad SMARTS) is 1. The van der Waals surface area contributed by atoms with Crippen LogP contribution < -0.4 is 0 Å². The van der Waals surface area contributed by atoms with Gasteiger partial charge in [-0.15, -0.1) is 11.3 Å². The van der Waals surface area contributed by atoms with E-state index < -0.39 is 5.97 Å². The molecule has 2 heterocycles. The highest BCUT2D eigenvalue weighted by molar-refractivity contribution is 7.12. The number of carbonyl (C=O) groups excluding carboxylic acids is 1. The lowest BCUT2D eigenvalue weighted by atomic mass is 10.1. The van der Waals surface area contributed by atoms with Crippen LogP contribution in [0.25, 0.3) is 10.9 Å². The van der Waals surface area contributed by atoms with E-state index in [4.69, 9.17) is 0 Å². The first-order chi connectivity index (χ1) is 9.58. The first kappa shape index (κ1) is 12.6. The molecule has 0 saturated heterocycles. The van der Waals surface area contributed by atoms with Gasteiger partial charge in [0.05, 0.1) is 10.4 Å². The first-order valence-corrected chi connectivity index (χ1v) is 6.89. The van der Waals surface area contributed by atoms with E-state index in [2.05, 4.69) is 4.98 Å². The molecule has 0 radical (unpaired) electrons. The Morgan fingerprint density at radius 1 is 1.25 bits per heavy atom. The number of aromatic carboxylic acids is 1. The number of thiophene rings is 1. The molecule has 0 bridgehead atoms. The van der Waals surface area contributed by atoms with Crippen LogP contribution >= 0.6 is 11.3 Å². The van der Waals surface area contributed by atoms with Crippen LogP contribution in [0.1, 0.15) is 31.3 Å². The number of aromatic amines is 1. The minimum Gasteiger partial charge on any atom is -0.478 e. The van der Waals surface area contributed by atoms with Crippen molar-refractivity contribution in [2.24, 2.45) is 0 Å². The Kier molecular flexibility index (Phi) is 2.91. The van der Waals surface area contributed by atoms with Crippen LogP contribution in [0.15, 0.2) is 35.7 Å². The molecule has 0 aliphatic rings. The topological polar surface area (TPSA) is 70.2 Å². The fourth-order valence-corrected chi connectivity index (χ4v) is 2.90. The Balaban J connectivity index is 2.27. The number of carboxylic acids is 1. The third kappa shape index (κ3) is 1.92. The minimum atomic E-state index is -1.10. The molecule has 0 amide bonds. The molecule has 0 aliphatic heterocycles. The smallest absolute Gasteiger partial charge is 0.338 e. The second-order valence-corrected chi connectivity index (χ2v) is 5.48. The average Bonchev–Trinajstić information content (AvgIpc) is 3.04. The molecule has 5 heteroatoms. The zero-order chi connectivity index (χ0) is 14.3. The quantitative estimate of drug-likeness (QED) is 0.724. The number of fused-ring (bicyclic) bond motifs is 1. The Bertz CT molecular complexity index is 815. The maximum Gasteiger partial charge on any atom is 0.338 e. The lowest BCUT2D eigenvalue weighted by Crippen LogP contribution is -2.07. The van der Waals surface area contributed by atoms with Crippen molar-refractivity contribution < 1.29 is 14.7 Å². The van der Waals surface area contributed by atoms with Gasteiger partial charge in [0.25, 0.3) is 0 Å². The first-order valence-electron chi connectivity index (χ1n) is 6.02. The summed E-state index contributed by atoms with van der Waals surface area (Å²) in [5.74, 6) is -1.38. The van der Waals surface area contributed by atoms with Crippen molar-refractivity contribution in [3.8, 4) is 0 Å². The van der Waals surface area contributed by atoms with Gasteiger partial charge in [0.15, 0.2) is 0 Å². The Morgan fingerprint density at radius 3 is 2.70 bits per heavy atom. The number of hydrogen-bond acceptors (Lipinski definition) is 3. The van der Waals surface area contributed by atoms with Crippen LogP contribution in [0.5, 0.6) is 0 Å². The Morgan fingerprint density at radius 2 is 2.05 bits per heavy atom. The SMILES string of the molecule is Cc1ccc2[nH]c(C(=O)c3cccs3)c(C(=O)O)c2c1. The van der Waals surface area contributed by atoms with Gasteiger partial charge in [-0.3, -0.25) is 4.79 Å². The molecular formula is C15H11NO3S. The van der Waals surface area contributed by atoms with Gasteiger partial charge in [0.2, 0.25) is 5.78 Å². The normalized spacial score (nSPS) is 10.8. The molecule has 2 aromatic heterocycles. The maximum atomic E-state index is 12.4. The summed E-state index contributed by atoms with van der Waals surface area (Å²) >= 11 is 1.30. The number of carbonyl (C=O) groups is 2. The summed E-state index contributed by atoms with van der Waals surface area (Å²) in [5, 5.41) is 11.8. The van der Waals surface area contributed by atoms with E-state index in [0.717, 1.165) is 5.56 Å². The molecule has 0 aliphatic carbocycles.